The summed E-state index contributed by atoms with van der Waals surface area (Å²) in [5.41, 5.74) is 2.33. The molecule has 0 amide bonds. The molecule has 1 aromatic heterocycles. The molecule has 0 saturated heterocycles. The molecule has 0 radical (unpaired) electrons. The van der Waals surface area contributed by atoms with Crippen LogP contribution in [0.5, 0.6) is 0 Å². The summed E-state index contributed by atoms with van der Waals surface area (Å²) >= 11 is 1.41. The quantitative estimate of drug-likeness (QED) is 0.681. The molecule has 0 fully saturated rings. The molecule has 3 aromatic rings. The van der Waals surface area contributed by atoms with Crippen LogP contribution in [0.2, 0.25) is 0 Å². The number of halogens is 3. The van der Waals surface area contributed by atoms with Gasteiger partial charge in [-0.15, -0.1) is 28.3 Å². The summed E-state index contributed by atoms with van der Waals surface area (Å²) < 4.78 is 27.9. The number of aromatic nitrogens is 1. The molecule has 0 aliphatic rings. The van der Waals surface area contributed by atoms with Crippen LogP contribution in [0, 0.1) is 11.6 Å². The van der Waals surface area contributed by atoms with Crippen molar-refractivity contribution in [2.75, 3.05) is 6.61 Å². The molecule has 3 nitrogen and oxygen atoms in total. The van der Waals surface area contributed by atoms with Crippen molar-refractivity contribution in [3.63, 3.8) is 0 Å². The van der Waals surface area contributed by atoms with Gasteiger partial charge in [0.15, 0.2) is 4.80 Å². The van der Waals surface area contributed by atoms with Crippen LogP contribution in [0.25, 0.3) is 11.3 Å². The van der Waals surface area contributed by atoms with Crippen LogP contribution in [-0.2, 0) is 6.54 Å². The Morgan fingerprint density at radius 1 is 0.958 bits per heavy atom. The highest BCUT2D eigenvalue weighted by molar-refractivity contribution is 8.93. The standard InChI is InChI=1S/C17H14F2N2OS.BrH/c18-13-3-1-12(2-4-13)16-11-23-17(21(16)9-10-22)20-15-7-5-14(19)6-8-15;/h1-8,11,22H,9-10H2;1H. The number of benzene rings is 2. The minimum absolute atomic E-state index is 0. The lowest BCUT2D eigenvalue weighted by atomic mass is 10.2. The smallest absolute Gasteiger partial charge is 0.190 e. The predicted octanol–water partition coefficient (Wildman–Crippen LogP) is 4.30. The molecule has 3 rings (SSSR count). The van der Waals surface area contributed by atoms with Gasteiger partial charge in [-0.3, -0.25) is 0 Å². The average Bonchev–Trinajstić information content (AvgIpc) is 2.94. The Balaban J connectivity index is 0.00000208. The van der Waals surface area contributed by atoms with E-state index in [2.05, 4.69) is 4.99 Å². The van der Waals surface area contributed by atoms with Crippen molar-refractivity contribution in [3.8, 4) is 11.3 Å². The van der Waals surface area contributed by atoms with Crippen molar-refractivity contribution in [3.05, 3.63) is 70.3 Å². The van der Waals surface area contributed by atoms with Crippen molar-refractivity contribution in [2.24, 2.45) is 4.99 Å². The Labute approximate surface area is 152 Å². The van der Waals surface area contributed by atoms with E-state index in [0.717, 1.165) is 11.3 Å². The van der Waals surface area contributed by atoms with Crippen LogP contribution >= 0.6 is 28.3 Å². The minimum Gasteiger partial charge on any atom is -0.395 e. The van der Waals surface area contributed by atoms with Gasteiger partial charge in [0.2, 0.25) is 0 Å². The van der Waals surface area contributed by atoms with Crippen LogP contribution in [0.1, 0.15) is 0 Å². The van der Waals surface area contributed by atoms with Crippen LogP contribution < -0.4 is 4.80 Å². The van der Waals surface area contributed by atoms with Crippen molar-refractivity contribution in [1.29, 1.82) is 0 Å². The molecule has 0 aliphatic heterocycles. The first-order valence-corrected chi connectivity index (χ1v) is 7.91. The van der Waals surface area contributed by atoms with Gasteiger partial charge in [0.1, 0.15) is 11.6 Å². The fourth-order valence-electron chi connectivity index (χ4n) is 2.21. The Morgan fingerprint density at radius 3 is 2.12 bits per heavy atom. The van der Waals surface area contributed by atoms with Gasteiger partial charge in [-0.1, -0.05) is 0 Å². The highest BCUT2D eigenvalue weighted by Crippen LogP contribution is 2.21. The van der Waals surface area contributed by atoms with E-state index >= 15 is 0 Å². The molecule has 0 unspecified atom stereocenters. The summed E-state index contributed by atoms with van der Waals surface area (Å²) in [6, 6.07) is 12.1. The van der Waals surface area contributed by atoms with Gasteiger partial charge < -0.3 is 9.67 Å². The average molecular weight is 413 g/mol. The van der Waals surface area contributed by atoms with Crippen molar-refractivity contribution in [2.45, 2.75) is 6.54 Å². The van der Waals surface area contributed by atoms with Gasteiger partial charge in [-0.2, -0.15) is 0 Å². The highest BCUT2D eigenvalue weighted by atomic mass is 79.9. The number of thiazole rings is 1. The largest absolute Gasteiger partial charge is 0.395 e. The lowest BCUT2D eigenvalue weighted by molar-refractivity contribution is 0.275. The molecular formula is C17H15BrF2N2OS. The molecule has 0 bridgehead atoms. The summed E-state index contributed by atoms with van der Waals surface area (Å²) in [6.07, 6.45) is 0. The summed E-state index contributed by atoms with van der Waals surface area (Å²) in [5, 5.41) is 11.2. The fourth-order valence-corrected chi connectivity index (χ4v) is 3.17. The summed E-state index contributed by atoms with van der Waals surface area (Å²) in [6.45, 7) is 0.331. The fraction of sp³-hybridized carbons (Fsp3) is 0.118. The third-order valence-electron chi connectivity index (χ3n) is 3.31. The first-order valence-electron chi connectivity index (χ1n) is 7.03. The van der Waals surface area contributed by atoms with Crippen molar-refractivity contribution >= 4 is 34.0 Å². The normalized spacial score (nSPS) is 11.4. The SMILES string of the molecule is Br.OCCn1c(-c2ccc(F)cc2)csc1=Nc1ccc(F)cc1. The first kappa shape index (κ1) is 18.5. The summed E-state index contributed by atoms with van der Waals surface area (Å²) in [5.74, 6) is -0.612. The second-order valence-corrected chi connectivity index (χ2v) is 5.71. The van der Waals surface area contributed by atoms with Gasteiger partial charge in [0.05, 0.1) is 18.0 Å². The maximum absolute atomic E-state index is 13.1. The van der Waals surface area contributed by atoms with Gasteiger partial charge >= 0.3 is 0 Å². The Hall–Kier alpha value is -1.83. The Morgan fingerprint density at radius 2 is 1.54 bits per heavy atom. The molecular weight excluding hydrogens is 398 g/mol. The van der Waals surface area contributed by atoms with Gasteiger partial charge in [0.25, 0.3) is 0 Å². The first-order chi connectivity index (χ1) is 11.2. The number of hydrogen-bond acceptors (Lipinski definition) is 3. The molecule has 7 heteroatoms. The molecule has 0 saturated carbocycles. The van der Waals surface area contributed by atoms with E-state index in [1.54, 1.807) is 24.3 Å². The van der Waals surface area contributed by atoms with E-state index in [1.807, 2.05) is 9.95 Å². The molecule has 2 aromatic carbocycles. The lowest BCUT2D eigenvalue weighted by Gasteiger charge is -2.07. The van der Waals surface area contributed by atoms with Gasteiger partial charge in [-0.25, -0.2) is 13.8 Å². The van der Waals surface area contributed by atoms with Crippen LogP contribution in [-0.4, -0.2) is 16.3 Å². The Kier molecular flexibility index (Phi) is 6.42. The lowest BCUT2D eigenvalue weighted by Crippen LogP contribution is -2.17. The molecule has 1 heterocycles. The third kappa shape index (κ3) is 4.17. The molecule has 126 valence electrons. The molecule has 0 aliphatic carbocycles. The van der Waals surface area contributed by atoms with Gasteiger partial charge in [-0.05, 0) is 54.1 Å². The zero-order valence-corrected chi connectivity index (χ0v) is 15.1. The highest BCUT2D eigenvalue weighted by Gasteiger charge is 2.08. The number of aliphatic hydroxyl groups excluding tert-OH is 1. The maximum atomic E-state index is 13.1. The zero-order chi connectivity index (χ0) is 16.2. The molecule has 0 atom stereocenters. The van der Waals surface area contributed by atoms with Crippen LogP contribution in [0.15, 0.2) is 58.9 Å². The number of aliphatic hydroxyl groups is 1. The van der Waals surface area contributed by atoms with E-state index in [-0.39, 0.29) is 35.2 Å². The minimum atomic E-state index is -0.314. The van der Waals surface area contributed by atoms with E-state index in [9.17, 15) is 13.9 Å². The number of nitrogens with zero attached hydrogens (tertiary/aromatic N) is 2. The second-order valence-electron chi connectivity index (χ2n) is 4.87. The van der Waals surface area contributed by atoms with E-state index in [0.29, 0.717) is 17.0 Å². The van der Waals surface area contributed by atoms with Crippen molar-refractivity contribution < 1.29 is 13.9 Å². The van der Waals surface area contributed by atoms with E-state index in [4.69, 9.17) is 0 Å². The number of rotatable bonds is 4. The molecule has 24 heavy (non-hydrogen) atoms. The van der Waals surface area contributed by atoms with E-state index in [1.165, 1.54) is 35.6 Å². The Bertz CT molecular complexity index is 858. The third-order valence-corrected chi connectivity index (χ3v) is 4.18. The maximum Gasteiger partial charge on any atom is 0.190 e. The van der Waals surface area contributed by atoms with Crippen LogP contribution in [0.3, 0.4) is 0 Å². The summed E-state index contributed by atoms with van der Waals surface area (Å²) in [7, 11) is 0. The number of hydrogen-bond donors (Lipinski definition) is 1. The molecule has 1 N–H and O–H groups in total. The second kappa shape index (κ2) is 8.32. The summed E-state index contributed by atoms with van der Waals surface area (Å²) in [4.78, 5) is 5.18. The zero-order valence-electron chi connectivity index (χ0n) is 12.5. The molecule has 0 spiro atoms. The van der Waals surface area contributed by atoms with Crippen LogP contribution in [0.4, 0.5) is 14.5 Å². The van der Waals surface area contributed by atoms with E-state index < -0.39 is 0 Å². The topological polar surface area (TPSA) is 37.5 Å². The monoisotopic (exact) mass is 412 g/mol. The predicted molar refractivity (Wildman–Crippen MR) is 96.7 cm³/mol. The van der Waals surface area contributed by atoms with Crippen molar-refractivity contribution in [1.82, 2.24) is 4.57 Å². The van der Waals surface area contributed by atoms with Gasteiger partial charge in [0, 0.05) is 11.9 Å².